The van der Waals surface area contributed by atoms with Crippen LogP contribution in [0.5, 0.6) is 0 Å². The highest BCUT2D eigenvalue weighted by atomic mass is 32.2. The molecule has 0 spiro atoms. The third-order valence-electron chi connectivity index (χ3n) is 1.89. The van der Waals surface area contributed by atoms with E-state index in [2.05, 4.69) is 5.32 Å². The van der Waals surface area contributed by atoms with Crippen molar-refractivity contribution in [1.29, 1.82) is 0 Å². The van der Waals surface area contributed by atoms with Gasteiger partial charge in [0.1, 0.15) is 5.82 Å². The fourth-order valence-corrected chi connectivity index (χ4v) is 1.63. The largest absolute Gasteiger partial charge is 0.383 e. The predicted octanol–water partition coefficient (Wildman–Crippen LogP) is 0.531. The van der Waals surface area contributed by atoms with Gasteiger partial charge in [-0.2, -0.15) is 0 Å². The van der Waals surface area contributed by atoms with E-state index in [9.17, 15) is 12.8 Å². The van der Waals surface area contributed by atoms with E-state index in [1.54, 1.807) is 0 Å². The number of anilines is 1. The Hall–Kier alpha value is -1.18. The zero-order valence-electron chi connectivity index (χ0n) is 8.73. The molecule has 0 bridgehead atoms. The first kappa shape index (κ1) is 12.9. The summed E-state index contributed by atoms with van der Waals surface area (Å²) in [7, 11) is -2.33. The van der Waals surface area contributed by atoms with Crippen LogP contribution in [0.3, 0.4) is 0 Å². The minimum absolute atomic E-state index is 0.212. The van der Waals surface area contributed by atoms with Crippen LogP contribution >= 0.6 is 0 Å². The summed E-state index contributed by atoms with van der Waals surface area (Å²) in [6, 6.07) is 3.45. The molecule has 0 aliphatic heterocycles. The van der Waals surface area contributed by atoms with Gasteiger partial charge in [-0.3, -0.25) is 0 Å². The van der Waals surface area contributed by atoms with Gasteiger partial charge in [-0.1, -0.05) is 0 Å². The number of ether oxygens (including phenoxy) is 1. The standard InChI is InChI=1S/C9H13FN2O3S/c1-15-5-4-12-9-3-2-7(6-8(9)10)16(11,13)14/h2-3,6,12H,4-5H2,1H3,(H2,11,13,14). The van der Waals surface area contributed by atoms with Crippen LogP contribution in [0.15, 0.2) is 23.1 Å². The smallest absolute Gasteiger partial charge is 0.238 e. The Morgan fingerprint density at radius 3 is 2.69 bits per heavy atom. The molecule has 1 rings (SSSR count). The van der Waals surface area contributed by atoms with Crippen LogP contribution in [0.25, 0.3) is 0 Å². The van der Waals surface area contributed by atoms with Crippen molar-refractivity contribution in [3.8, 4) is 0 Å². The molecule has 0 saturated heterocycles. The van der Waals surface area contributed by atoms with E-state index in [1.165, 1.54) is 19.2 Å². The molecule has 7 heteroatoms. The van der Waals surface area contributed by atoms with Crippen LogP contribution < -0.4 is 10.5 Å². The van der Waals surface area contributed by atoms with E-state index in [4.69, 9.17) is 9.88 Å². The van der Waals surface area contributed by atoms with Crippen LogP contribution in [0.2, 0.25) is 0 Å². The normalized spacial score (nSPS) is 11.4. The van der Waals surface area contributed by atoms with Gasteiger partial charge in [0.15, 0.2) is 0 Å². The Kier molecular flexibility index (Phi) is 4.22. The van der Waals surface area contributed by atoms with Crippen molar-refractivity contribution >= 4 is 15.7 Å². The minimum atomic E-state index is -3.86. The zero-order valence-corrected chi connectivity index (χ0v) is 9.55. The number of nitrogens with one attached hydrogen (secondary N) is 1. The molecule has 0 radical (unpaired) electrons. The molecule has 0 heterocycles. The lowest BCUT2D eigenvalue weighted by atomic mass is 10.3. The average Bonchev–Trinajstić information content (AvgIpc) is 2.19. The highest BCUT2D eigenvalue weighted by molar-refractivity contribution is 7.89. The maximum absolute atomic E-state index is 13.4. The summed E-state index contributed by atoms with van der Waals surface area (Å²) >= 11 is 0. The number of hydrogen-bond donors (Lipinski definition) is 2. The van der Waals surface area contributed by atoms with Crippen molar-refractivity contribution in [2.24, 2.45) is 5.14 Å². The SMILES string of the molecule is COCCNc1ccc(S(N)(=O)=O)cc1F. The van der Waals surface area contributed by atoms with Gasteiger partial charge < -0.3 is 10.1 Å². The van der Waals surface area contributed by atoms with Gasteiger partial charge in [0, 0.05) is 13.7 Å². The number of nitrogens with two attached hydrogens (primary N) is 1. The maximum Gasteiger partial charge on any atom is 0.238 e. The van der Waals surface area contributed by atoms with E-state index in [-0.39, 0.29) is 10.6 Å². The maximum atomic E-state index is 13.4. The van der Waals surface area contributed by atoms with Crippen molar-refractivity contribution in [3.05, 3.63) is 24.0 Å². The summed E-state index contributed by atoms with van der Waals surface area (Å²) in [4.78, 5) is -0.248. The molecule has 5 nitrogen and oxygen atoms in total. The Balaban J connectivity index is 2.84. The average molecular weight is 248 g/mol. The molecular formula is C9H13FN2O3S. The summed E-state index contributed by atoms with van der Waals surface area (Å²) in [5.41, 5.74) is 0.212. The first-order chi connectivity index (χ1) is 7.45. The Morgan fingerprint density at radius 2 is 2.19 bits per heavy atom. The molecule has 0 aromatic heterocycles. The van der Waals surface area contributed by atoms with E-state index >= 15 is 0 Å². The van der Waals surface area contributed by atoms with E-state index in [1.807, 2.05) is 0 Å². The van der Waals surface area contributed by atoms with Crippen LogP contribution in [0, 0.1) is 5.82 Å². The molecule has 0 aliphatic carbocycles. The second-order valence-electron chi connectivity index (χ2n) is 3.11. The number of rotatable bonds is 5. The fraction of sp³-hybridized carbons (Fsp3) is 0.333. The second-order valence-corrected chi connectivity index (χ2v) is 4.67. The van der Waals surface area contributed by atoms with Crippen LogP contribution in [0.4, 0.5) is 10.1 Å². The van der Waals surface area contributed by atoms with Crippen molar-refractivity contribution in [3.63, 3.8) is 0 Å². The van der Waals surface area contributed by atoms with Crippen LogP contribution in [-0.4, -0.2) is 28.7 Å². The van der Waals surface area contributed by atoms with Gasteiger partial charge in [0.25, 0.3) is 0 Å². The van der Waals surface area contributed by atoms with Crippen molar-refractivity contribution in [1.82, 2.24) is 0 Å². The number of methoxy groups -OCH3 is 1. The van der Waals surface area contributed by atoms with Crippen LogP contribution in [-0.2, 0) is 14.8 Å². The number of sulfonamides is 1. The summed E-state index contributed by atoms with van der Waals surface area (Å²) < 4.78 is 40.0. The lowest BCUT2D eigenvalue weighted by Crippen LogP contribution is -2.13. The van der Waals surface area contributed by atoms with E-state index in [0.717, 1.165) is 6.07 Å². The fourth-order valence-electron chi connectivity index (χ4n) is 1.10. The molecule has 0 amide bonds. The first-order valence-electron chi connectivity index (χ1n) is 4.50. The lowest BCUT2D eigenvalue weighted by Gasteiger charge is -2.07. The predicted molar refractivity (Wildman–Crippen MR) is 58.1 cm³/mol. The summed E-state index contributed by atoms with van der Waals surface area (Å²) in [5.74, 6) is -0.664. The van der Waals surface area contributed by atoms with Gasteiger partial charge in [-0.25, -0.2) is 17.9 Å². The highest BCUT2D eigenvalue weighted by Gasteiger charge is 2.10. The quantitative estimate of drug-likeness (QED) is 0.745. The summed E-state index contributed by atoms with van der Waals surface area (Å²) in [5, 5.41) is 7.62. The van der Waals surface area contributed by atoms with Crippen molar-refractivity contribution < 1.29 is 17.5 Å². The van der Waals surface area contributed by atoms with Gasteiger partial charge in [-0.05, 0) is 18.2 Å². The Bertz CT molecular complexity index is 462. The third kappa shape index (κ3) is 3.44. The van der Waals surface area contributed by atoms with E-state index in [0.29, 0.717) is 13.2 Å². The van der Waals surface area contributed by atoms with Crippen LogP contribution in [0.1, 0.15) is 0 Å². The molecular weight excluding hydrogens is 235 g/mol. The van der Waals surface area contributed by atoms with Crippen molar-refractivity contribution in [2.75, 3.05) is 25.6 Å². The van der Waals surface area contributed by atoms with Gasteiger partial charge >= 0.3 is 0 Å². The Labute approximate surface area is 93.5 Å². The molecule has 0 atom stereocenters. The molecule has 0 saturated carbocycles. The number of hydrogen-bond acceptors (Lipinski definition) is 4. The molecule has 0 aliphatic rings. The molecule has 1 aromatic carbocycles. The second kappa shape index (κ2) is 5.24. The number of primary sulfonamides is 1. The van der Waals surface area contributed by atoms with Gasteiger partial charge in [-0.15, -0.1) is 0 Å². The minimum Gasteiger partial charge on any atom is -0.383 e. The number of halogens is 1. The van der Waals surface area contributed by atoms with Crippen molar-refractivity contribution in [2.45, 2.75) is 4.90 Å². The third-order valence-corrected chi connectivity index (χ3v) is 2.80. The molecule has 90 valence electrons. The summed E-state index contributed by atoms with van der Waals surface area (Å²) in [6.45, 7) is 0.860. The molecule has 0 fully saturated rings. The van der Waals surface area contributed by atoms with Gasteiger partial charge in [0.2, 0.25) is 10.0 Å². The number of benzene rings is 1. The molecule has 3 N–H and O–H groups in total. The van der Waals surface area contributed by atoms with E-state index < -0.39 is 15.8 Å². The molecule has 1 aromatic rings. The Morgan fingerprint density at radius 1 is 1.50 bits per heavy atom. The summed E-state index contributed by atoms with van der Waals surface area (Å²) in [6.07, 6.45) is 0. The molecule has 0 unspecified atom stereocenters. The topological polar surface area (TPSA) is 81.4 Å². The van der Waals surface area contributed by atoms with Gasteiger partial charge in [0.05, 0.1) is 17.2 Å². The zero-order chi connectivity index (χ0) is 12.2. The highest BCUT2D eigenvalue weighted by Crippen LogP contribution is 2.17. The monoisotopic (exact) mass is 248 g/mol. The molecule has 16 heavy (non-hydrogen) atoms. The lowest BCUT2D eigenvalue weighted by molar-refractivity contribution is 0.210. The first-order valence-corrected chi connectivity index (χ1v) is 6.05.